The molecule has 0 fully saturated rings. The minimum atomic E-state index is 0.371. The standard InChI is InChI=1S/C34H30N2.C2H6/c1-3-25(23-33(35)34-16-6-7-21-36-34)26-17-19-27(20-18-26)31-15-8-10-24(2)30-13-4-5-14-32(30)29-12-9-11-28(31)22-29;1-2/h3-7,9,11-24,35H,1,8,10H2,2H3;1-2H3/b25-23+,31-15-,35-33?;. The van der Waals surface area contributed by atoms with Crippen molar-refractivity contribution in [1.82, 2.24) is 4.98 Å². The van der Waals surface area contributed by atoms with Crippen LogP contribution in [0, 0.1) is 5.41 Å². The minimum Gasteiger partial charge on any atom is -0.299 e. The largest absolute Gasteiger partial charge is 0.299 e. The Bertz CT molecular complexity index is 1460. The van der Waals surface area contributed by atoms with Crippen LogP contribution in [0.15, 0.2) is 122 Å². The quantitative estimate of drug-likeness (QED) is 0.217. The molecule has 2 bridgehead atoms. The van der Waals surface area contributed by atoms with Crippen LogP contribution in [0.2, 0.25) is 0 Å². The first-order valence-corrected chi connectivity index (χ1v) is 13.5. The number of benzene rings is 3. The highest BCUT2D eigenvalue weighted by Crippen LogP contribution is 2.36. The first-order chi connectivity index (χ1) is 18.6. The van der Waals surface area contributed by atoms with Crippen molar-refractivity contribution >= 4 is 16.9 Å². The van der Waals surface area contributed by atoms with Crippen LogP contribution in [-0.4, -0.2) is 10.7 Å². The Hall–Kier alpha value is -4.30. The Morgan fingerprint density at radius 2 is 1.61 bits per heavy atom. The molecule has 1 aliphatic rings. The molecule has 1 atom stereocenters. The van der Waals surface area contributed by atoms with E-state index in [1.807, 2.05) is 38.1 Å². The molecule has 0 saturated heterocycles. The third-order valence-corrected chi connectivity index (χ3v) is 6.91. The Balaban J connectivity index is 0.00000164. The van der Waals surface area contributed by atoms with Gasteiger partial charge in [0.25, 0.3) is 0 Å². The fourth-order valence-electron chi connectivity index (χ4n) is 4.93. The lowest BCUT2D eigenvalue weighted by molar-refractivity contribution is 0.692. The third-order valence-electron chi connectivity index (χ3n) is 6.91. The van der Waals surface area contributed by atoms with Crippen LogP contribution < -0.4 is 0 Å². The van der Waals surface area contributed by atoms with E-state index < -0.39 is 0 Å². The average molecular weight is 497 g/mol. The third kappa shape index (κ3) is 5.98. The second-order valence-electron chi connectivity index (χ2n) is 9.27. The molecule has 1 N–H and O–H groups in total. The van der Waals surface area contributed by atoms with E-state index in [9.17, 15) is 0 Å². The van der Waals surface area contributed by atoms with Crippen molar-refractivity contribution in [2.75, 3.05) is 0 Å². The zero-order valence-corrected chi connectivity index (χ0v) is 22.6. The minimum absolute atomic E-state index is 0.371. The number of hydrogen-bond acceptors (Lipinski definition) is 2. The van der Waals surface area contributed by atoms with E-state index in [-0.39, 0.29) is 0 Å². The molecular formula is C36H36N2. The number of allylic oxidation sites excluding steroid dienone is 4. The van der Waals surface area contributed by atoms with Gasteiger partial charge in [-0.25, -0.2) is 0 Å². The van der Waals surface area contributed by atoms with Crippen LogP contribution >= 0.6 is 0 Å². The summed E-state index contributed by atoms with van der Waals surface area (Å²) in [6, 6.07) is 31.9. The summed E-state index contributed by atoms with van der Waals surface area (Å²) in [7, 11) is 0. The molecular weight excluding hydrogens is 460 g/mol. The van der Waals surface area contributed by atoms with Crippen molar-refractivity contribution in [1.29, 1.82) is 5.41 Å². The van der Waals surface area contributed by atoms with Crippen LogP contribution in [0.3, 0.4) is 0 Å². The molecule has 38 heavy (non-hydrogen) atoms. The van der Waals surface area contributed by atoms with Gasteiger partial charge in [0.2, 0.25) is 0 Å². The van der Waals surface area contributed by atoms with Crippen molar-refractivity contribution in [2.45, 2.75) is 39.5 Å². The van der Waals surface area contributed by atoms with Gasteiger partial charge in [0.15, 0.2) is 0 Å². The number of nitrogens with one attached hydrogen (secondary N) is 1. The van der Waals surface area contributed by atoms with Crippen LogP contribution in [0.5, 0.6) is 0 Å². The predicted octanol–water partition coefficient (Wildman–Crippen LogP) is 9.74. The second kappa shape index (κ2) is 12.8. The molecule has 1 heterocycles. The van der Waals surface area contributed by atoms with E-state index in [0.29, 0.717) is 17.3 Å². The summed E-state index contributed by atoms with van der Waals surface area (Å²) in [5.41, 5.74) is 10.7. The van der Waals surface area contributed by atoms with Gasteiger partial charge < -0.3 is 0 Å². The van der Waals surface area contributed by atoms with Crippen molar-refractivity contribution < 1.29 is 0 Å². The normalized spacial score (nSPS) is 16.1. The lowest BCUT2D eigenvalue weighted by atomic mass is 9.85. The molecule has 0 radical (unpaired) electrons. The maximum Gasteiger partial charge on any atom is 0.0879 e. The van der Waals surface area contributed by atoms with Gasteiger partial charge in [0.05, 0.1) is 11.4 Å². The zero-order chi connectivity index (χ0) is 26.9. The molecule has 0 saturated carbocycles. The van der Waals surface area contributed by atoms with E-state index >= 15 is 0 Å². The SMILES string of the molecule is C=C/C(=C\C(=N)c1ccccn1)c1ccc(/C2=C/CCC(C)c3ccccc3-c3cccc2c3)cc1.CC. The van der Waals surface area contributed by atoms with Gasteiger partial charge in [-0.2, -0.15) is 0 Å². The van der Waals surface area contributed by atoms with Crippen molar-refractivity contribution in [3.63, 3.8) is 0 Å². The van der Waals surface area contributed by atoms with Gasteiger partial charge in [-0.05, 0) is 87.6 Å². The molecule has 5 rings (SSSR count). The fourth-order valence-corrected chi connectivity index (χ4v) is 4.93. The molecule has 3 aromatic carbocycles. The van der Waals surface area contributed by atoms with Crippen molar-refractivity contribution in [3.8, 4) is 11.1 Å². The van der Waals surface area contributed by atoms with Gasteiger partial charge in [-0.3, -0.25) is 10.4 Å². The number of hydrogen-bond donors (Lipinski definition) is 1. The number of rotatable bonds is 5. The smallest absolute Gasteiger partial charge is 0.0879 e. The van der Waals surface area contributed by atoms with Crippen LogP contribution in [-0.2, 0) is 0 Å². The monoisotopic (exact) mass is 496 g/mol. The summed E-state index contributed by atoms with van der Waals surface area (Å²) in [5.74, 6) is 0.498. The predicted molar refractivity (Wildman–Crippen MR) is 164 cm³/mol. The number of pyridine rings is 1. The molecule has 1 aliphatic carbocycles. The zero-order valence-electron chi connectivity index (χ0n) is 22.6. The number of fused-ring (bicyclic) bond motifs is 4. The van der Waals surface area contributed by atoms with Gasteiger partial charge in [-0.15, -0.1) is 0 Å². The summed E-state index contributed by atoms with van der Waals surface area (Å²) in [5, 5.41) is 8.43. The van der Waals surface area contributed by atoms with E-state index in [4.69, 9.17) is 5.41 Å². The fraction of sp³-hybridized carbons (Fsp3) is 0.167. The van der Waals surface area contributed by atoms with Gasteiger partial charge in [0.1, 0.15) is 0 Å². The van der Waals surface area contributed by atoms with E-state index in [0.717, 1.165) is 24.0 Å². The van der Waals surface area contributed by atoms with Crippen molar-refractivity contribution in [3.05, 3.63) is 150 Å². The summed E-state index contributed by atoms with van der Waals surface area (Å²) in [6.07, 6.45) is 9.87. The van der Waals surface area contributed by atoms with E-state index in [1.165, 1.54) is 33.4 Å². The second-order valence-corrected chi connectivity index (χ2v) is 9.27. The highest BCUT2D eigenvalue weighted by Gasteiger charge is 2.15. The van der Waals surface area contributed by atoms with Crippen molar-refractivity contribution in [2.24, 2.45) is 0 Å². The Labute approximate surface area is 227 Å². The summed E-state index contributed by atoms with van der Waals surface area (Å²) < 4.78 is 0. The summed E-state index contributed by atoms with van der Waals surface area (Å²) >= 11 is 0. The highest BCUT2D eigenvalue weighted by atomic mass is 14.7. The van der Waals surface area contributed by atoms with Crippen LogP contribution in [0.1, 0.15) is 67.5 Å². The summed E-state index contributed by atoms with van der Waals surface area (Å²) in [4.78, 5) is 4.29. The molecule has 2 nitrogen and oxygen atoms in total. The van der Waals surface area contributed by atoms with E-state index in [2.05, 4.69) is 97.4 Å². The number of aromatic nitrogens is 1. The van der Waals surface area contributed by atoms with Crippen LogP contribution in [0.25, 0.3) is 22.3 Å². The highest BCUT2D eigenvalue weighted by molar-refractivity contribution is 6.10. The van der Waals surface area contributed by atoms with Gasteiger partial charge in [0, 0.05) is 6.20 Å². The lowest BCUT2D eigenvalue weighted by Gasteiger charge is -2.20. The number of nitrogens with zero attached hydrogens (tertiary/aromatic N) is 1. The topological polar surface area (TPSA) is 36.7 Å². The summed E-state index contributed by atoms with van der Waals surface area (Å²) in [6.45, 7) is 10.3. The van der Waals surface area contributed by atoms with E-state index in [1.54, 1.807) is 12.3 Å². The average Bonchev–Trinajstić information content (AvgIpc) is 2.99. The first kappa shape index (κ1) is 26.8. The molecule has 1 aromatic heterocycles. The van der Waals surface area contributed by atoms with Crippen LogP contribution in [0.4, 0.5) is 0 Å². The molecule has 2 heteroatoms. The maximum absolute atomic E-state index is 8.43. The first-order valence-electron chi connectivity index (χ1n) is 13.5. The molecule has 0 amide bonds. The molecule has 0 spiro atoms. The van der Waals surface area contributed by atoms with Gasteiger partial charge in [-0.1, -0.05) is 112 Å². The molecule has 190 valence electrons. The molecule has 1 unspecified atom stereocenters. The Morgan fingerprint density at radius 1 is 0.868 bits per heavy atom. The Kier molecular flexibility index (Phi) is 9.00. The lowest BCUT2D eigenvalue weighted by Crippen LogP contribution is -2.00. The molecule has 0 aliphatic heterocycles. The maximum atomic E-state index is 8.43. The Morgan fingerprint density at radius 3 is 2.34 bits per heavy atom. The molecule has 4 aromatic rings. The van der Waals surface area contributed by atoms with Gasteiger partial charge >= 0.3 is 0 Å².